The summed E-state index contributed by atoms with van der Waals surface area (Å²) in [5, 5.41) is 2.76. The van der Waals surface area contributed by atoms with Crippen molar-refractivity contribution in [3.63, 3.8) is 0 Å². The Morgan fingerprint density at radius 3 is 2.23 bits per heavy atom. The van der Waals surface area contributed by atoms with Crippen LogP contribution in [0.25, 0.3) is 0 Å². The van der Waals surface area contributed by atoms with Gasteiger partial charge in [0, 0.05) is 23.1 Å². The highest BCUT2D eigenvalue weighted by atomic mass is 16.5. The first-order valence-electron chi connectivity index (χ1n) is 8.95. The van der Waals surface area contributed by atoms with Crippen molar-refractivity contribution in [2.45, 2.75) is 32.7 Å². The Morgan fingerprint density at radius 2 is 1.65 bits per heavy atom. The summed E-state index contributed by atoms with van der Waals surface area (Å²) in [6, 6.07) is 18.1. The topological polar surface area (TPSA) is 58.6 Å². The van der Waals surface area contributed by atoms with E-state index in [1.807, 2.05) is 42.5 Å². The van der Waals surface area contributed by atoms with E-state index in [-0.39, 0.29) is 24.4 Å². The lowest BCUT2D eigenvalue weighted by Gasteiger charge is -2.29. The highest BCUT2D eigenvalue weighted by Crippen LogP contribution is 2.30. The molecule has 5 heteroatoms. The van der Waals surface area contributed by atoms with Gasteiger partial charge in [-0.3, -0.25) is 9.59 Å². The minimum atomic E-state index is -0.324. The van der Waals surface area contributed by atoms with Crippen LogP contribution < -0.4 is 10.2 Å². The largest absolute Gasteiger partial charge is 0.455 e. The zero-order valence-corrected chi connectivity index (χ0v) is 15.1. The van der Waals surface area contributed by atoms with Crippen LogP contribution >= 0.6 is 0 Å². The van der Waals surface area contributed by atoms with Crippen molar-refractivity contribution in [3.05, 3.63) is 54.6 Å². The van der Waals surface area contributed by atoms with Crippen LogP contribution in [0.2, 0.25) is 0 Å². The fourth-order valence-corrected chi connectivity index (χ4v) is 2.81. The Balaban J connectivity index is 1.61. The normalized spacial score (nSPS) is 13.3. The molecule has 2 aromatic carbocycles. The monoisotopic (exact) mass is 352 g/mol. The molecule has 136 valence electrons. The summed E-state index contributed by atoms with van der Waals surface area (Å²) < 4.78 is 4.99. The maximum absolute atomic E-state index is 11.9. The van der Waals surface area contributed by atoms with Gasteiger partial charge in [0.2, 0.25) is 0 Å². The van der Waals surface area contributed by atoms with Gasteiger partial charge in [0.05, 0.1) is 5.92 Å². The second kappa shape index (κ2) is 8.04. The van der Waals surface area contributed by atoms with Crippen LogP contribution in [0.4, 0.5) is 17.1 Å². The average molecular weight is 352 g/mol. The second-order valence-electron chi connectivity index (χ2n) is 6.78. The Bertz CT molecular complexity index is 753. The predicted molar refractivity (Wildman–Crippen MR) is 102 cm³/mol. The standard InChI is InChI=1S/C21H24N2O3/c1-15(2)23(18-6-4-3-5-7-18)19-12-10-17(11-13-19)22-20(24)14-26-21(25)16-8-9-16/h3-7,10-13,15-16H,8-9,14H2,1-2H3,(H,22,24). The van der Waals surface area contributed by atoms with Crippen LogP contribution in [-0.2, 0) is 14.3 Å². The number of anilines is 3. The van der Waals surface area contributed by atoms with Gasteiger partial charge in [-0.05, 0) is 63.1 Å². The first-order valence-corrected chi connectivity index (χ1v) is 8.95. The lowest BCUT2D eigenvalue weighted by atomic mass is 10.2. The summed E-state index contributed by atoms with van der Waals surface area (Å²) >= 11 is 0. The molecule has 2 aromatic rings. The molecule has 1 aliphatic rings. The second-order valence-corrected chi connectivity index (χ2v) is 6.78. The number of nitrogens with zero attached hydrogens (tertiary/aromatic N) is 1. The number of esters is 1. The first kappa shape index (κ1) is 18.0. The van der Waals surface area contributed by atoms with E-state index in [4.69, 9.17) is 4.74 Å². The molecule has 0 saturated heterocycles. The van der Waals surface area contributed by atoms with Gasteiger partial charge in [0.25, 0.3) is 5.91 Å². The van der Waals surface area contributed by atoms with Gasteiger partial charge in [-0.2, -0.15) is 0 Å². The number of benzene rings is 2. The summed E-state index contributed by atoms with van der Waals surface area (Å²) in [6.07, 6.45) is 1.74. The van der Waals surface area contributed by atoms with E-state index in [1.165, 1.54) is 0 Å². The van der Waals surface area contributed by atoms with E-state index in [1.54, 1.807) is 0 Å². The zero-order chi connectivity index (χ0) is 18.5. The van der Waals surface area contributed by atoms with Gasteiger partial charge in [0.15, 0.2) is 6.61 Å². The van der Waals surface area contributed by atoms with E-state index in [0.717, 1.165) is 24.2 Å². The number of para-hydroxylation sites is 1. The molecular weight excluding hydrogens is 328 g/mol. The van der Waals surface area contributed by atoms with E-state index in [9.17, 15) is 9.59 Å². The molecule has 0 atom stereocenters. The van der Waals surface area contributed by atoms with E-state index >= 15 is 0 Å². The third kappa shape index (κ3) is 4.63. The predicted octanol–water partition coefficient (Wildman–Crippen LogP) is 4.12. The van der Waals surface area contributed by atoms with Crippen LogP contribution in [0.15, 0.2) is 54.6 Å². The average Bonchev–Trinajstić information content (AvgIpc) is 3.47. The van der Waals surface area contributed by atoms with E-state index < -0.39 is 0 Å². The Labute approximate surface area is 154 Å². The maximum Gasteiger partial charge on any atom is 0.309 e. The van der Waals surface area contributed by atoms with Crippen molar-refractivity contribution in [2.75, 3.05) is 16.8 Å². The van der Waals surface area contributed by atoms with Crippen LogP contribution in [0.5, 0.6) is 0 Å². The summed E-state index contributed by atoms with van der Waals surface area (Å²) in [5.74, 6) is -0.594. The molecule has 3 rings (SSSR count). The third-order valence-electron chi connectivity index (χ3n) is 4.24. The molecular formula is C21H24N2O3. The van der Waals surface area contributed by atoms with Crippen molar-refractivity contribution < 1.29 is 14.3 Å². The molecule has 1 saturated carbocycles. The Morgan fingerprint density at radius 1 is 1.04 bits per heavy atom. The number of nitrogens with one attached hydrogen (secondary N) is 1. The van der Waals surface area contributed by atoms with Gasteiger partial charge in [0.1, 0.15) is 0 Å². The Hall–Kier alpha value is -2.82. The molecule has 26 heavy (non-hydrogen) atoms. The van der Waals surface area contributed by atoms with Gasteiger partial charge in [-0.1, -0.05) is 18.2 Å². The van der Waals surface area contributed by atoms with Crippen molar-refractivity contribution in [3.8, 4) is 0 Å². The summed E-state index contributed by atoms with van der Waals surface area (Å²) in [5.41, 5.74) is 2.84. The number of amides is 1. The first-order chi connectivity index (χ1) is 12.5. The number of hydrogen-bond donors (Lipinski definition) is 1. The quantitative estimate of drug-likeness (QED) is 0.762. The highest BCUT2D eigenvalue weighted by Gasteiger charge is 2.31. The fourth-order valence-electron chi connectivity index (χ4n) is 2.81. The number of carbonyl (C=O) groups excluding carboxylic acids is 2. The Kier molecular flexibility index (Phi) is 5.56. The molecule has 1 fully saturated rings. The number of carbonyl (C=O) groups is 2. The molecule has 0 heterocycles. The third-order valence-corrected chi connectivity index (χ3v) is 4.24. The van der Waals surface area contributed by atoms with Crippen molar-refractivity contribution in [2.24, 2.45) is 5.92 Å². The van der Waals surface area contributed by atoms with Gasteiger partial charge in [-0.25, -0.2) is 0 Å². The molecule has 1 N–H and O–H groups in total. The fraction of sp³-hybridized carbons (Fsp3) is 0.333. The SMILES string of the molecule is CC(C)N(c1ccccc1)c1ccc(NC(=O)COC(=O)C2CC2)cc1. The molecule has 0 aromatic heterocycles. The molecule has 1 amide bonds. The van der Waals surface area contributed by atoms with Crippen LogP contribution in [0, 0.1) is 5.92 Å². The molecule has 0 aliphatic heterocycles. The smallest absolute Gasteiger partial charge is 0.309 e. The van der Waals surface area contributed by atoms with Crippen LogP contribution in [0.1, 0.15) is 26.7 Å². The molecule has 0 bridgehead atoms. The molecule has 1 aliphatic carbocycles. The van der Waals surface area contributed by atoms with Crippen molar-refractivity contribution in [1.29, 1.82) is 0 Å². The molecule has 5 nitrogen and oxygen atoms in total. The highest BCUT2D eigenvalue weighted by molar-refractivity contribution is 5.93. The summed E-state index contributed by atoms with van der Waals surface area (Å²) in [6.45, 7) is 4.03. The zero-order valence-electron chi connectivity index (χ0n) is 15.1. The maximum atomic E-state index is 11.9. The summed E-state index contributed by atoms with van der Waals surface area (Å²) in [4.78, 5) is 25.6. The minimum Gasteiger partial charge on any atom is -0.455 e. The molecule has 0 spiro atoms. The number of ether oxygens (including phenoxy) is 1. The lowest BCUT2D eigenvalue weighted by molar-refractivity contribution is -0.148. The van der Waals surface area contributed by atoms with E-state index in [0.29, 0.717) is 11.7 Å². The van der Waals surface area contributed by atoms with Crippen LogP contribution in [0.3, 0.4) is 0 Å². The van der Waals surface area contributed by atoms with Crippen molar-refractivity contribution in [1.82, 2.24) is 0 Å². The number of hydrogen-bond acceptors (Lipinski definition) is 4. The van der Waals surface area contributed by atoms with Gasteiger partial charge >= 0.3 is 5.97 Å². The lowest BCUT2D eigenvalue weighted by Crippen LogP contribution is -2.25. The van der Waals surface area contributed by atoms with Crippen LogP contribution in [-0.4, -0.2) is 24.5 Å². The summed E-state index contributed by atoms with van der Waals surface area (Å²) in [7, 11) is 0. The van der Waals surface area contributed by atoms with Gasteiger partial charge in [-0.15, -0.1) is 0 Å². The number of rotatable bonds is 7. The van der Waals surface area contributed by atoms with Crippen molar-refractivity contribution >= 4 is 28.9 Å². The van der Waals surface area contributed by atoms with Gasteiger partial charge < -0.3 is 15.0 Å². The minimum absolute atomic E-state index is 0.00193. The molecule has 0 unspecified atom stereocenters. The van der Waals surface area contributed by atoms with E-state index in [2.05, 4.69) is 36.2 Å². The molecule has 0 radical (unpaired) electrons.